The van der Waals surface area contributed by atoms with Crippen molar-refractivity contribution >= 4 is 45.7 Å². The molecular weight excluding hydrogens is 314 g/mol. The van der Waals surface area contributed by atoms with Crippen molar-refractivity contribution in [2.75, 3.05) is 5.32 Å². The van der Waals surface area contributed by atoms with Crippen LogP contribution >= 0.6 is 34.7 Å². The Balaban J connectivity index is 1.99. The Morgan fingerprint density at radius 1 is 1.40 bits per heavy atom. The third kappa shape index (κ3) is 4.19. The van der Waals surface area contributed by atoms with Gasteiger partial charge in [0.2, 0.25) is 5.13 Å². The minimum absolute atomic E-state index is 0.210. The molecule has 1 aromatic heterocycles. The van der Waals surface area contributed by atoms with Crippen molar-refractivity contribution in [2.45, 2.75) is 29.9 Å². The van der Waals surface area contributed by atoms with Crippen molar-refractivity contribution < 1.29 is 4.79 Å². The van der Waals surface area contributed by atoms with Gasteiger partial charge in [0.1, 0.15) is 0 Å². The van der Waals surface area contributed by atoms with Crippen LogP contribution in [0.5, 0.6) is 0 Å². The number of nitrogens with zero attached hydrogens (tertiary/aromatic N) is 2. The first-order valence-corrected chi connectivity index (χ1v) is 8.23. The molecule has 1 amide bonds. The fraction of sp³-hybridized carbons (Fsp3) is 0.308. The van der Waals surface area contributed by atoms with E-state index in [2.05, 4.69) is 29.4 Å². The van der Waals surface area contributed by atoms with Gasteiger partial charge in [-0.1, -0.05) is 48.5 Å². The first-order valence-electron chi connectivity index (χ1n) is 6.15. The third-order valence-electron chi connectivity index (χ3n) is 2.61. The predicted octanol–water partition coefficient (Wildman–Crippen LogP) is 4.33. The van der Waals surface area contributed by atoms with Gasteiger partial charge in [-0.25, -0.2) is 0 Å². The summed E-state index contributed by atoms with van der Waals surface area (Å²) in [6.07, 6.45) is 1.07. The van der Waals surface area contributed by atoms with Gasteiger partial charge in [-0.2, -0.15) is 0 Å². The van der Waals surface area contributed by atoms with Gasteiger partial charge in [-0.05, 0) is 30.7 Å². The Morgan fingerprint density at radius 2 is 2.10 bits per heavy atom. The molecule has 106 valence electrons. The van der Waals surface area contributed by atoms with E-state index < -0.39 is 0 Å². The number of benzene rings is 1. The molecule has 0 aliphatic carbocycles. The minimum Gasteiger partial charge on any atom is -0.296 e. The highest BCUT2D eigenvalue weighted by Gasteiger charge is 2.12. The van der Waals surface area contributed by atoms with Crippen molar-refractivity contribution in [3.05, 3.63) is 34.9 Å². The van der Waals surface area contributed by atoms with Crippen molar-refractivity contribution in [3.63, 3.8) is 0 Å². The molecule has 0 spiro atoms. The van der Waals surface area contributed by atoms with E-state index in [4.69, 9.17) is 11.6 Å². The maximum Gasteiger partial charge on any atom is 0.257 e. The van der Waals surface area contributed by atoms with Gasteiger partial charge >= 0.3 is 0 Å². The lowest BCUT2D eigenvalue weighted by Crippen LogP contribution is -2.11. The average molecular weight is 328 g/mol. The maximum absolute atomic E-state index is 12.0. The third-order valence-corrected chi connectivity index (χ3v) is 5.05. The van der Waals surface area contributed by atoms with Crippen molar-refractivity contribution in [1.29, 1.82) is 0 Å². The zero-order chi connectivity index (χ0) is 14.5. The molecule has 4 nitrogen and oxygen atoms in total. The smallest absolute Gasteiger partial charge is 0.257 e. The number of halogens is 1. The second-order valence-electron chi connectivity index (χ2n) is 4.17. The quantitative estimate of drug-likeness (QED) is 0.655. The van der Waals surface area contributed by atoms with E-state index >= 15 is 0 Å². The topological polar surface area (TPSA) is 54.9 Å². The molecule has 1 unspecified atom stereocenters. The first-order chi connectivity index (χ1) is 9.58. The van der Waals surface area contributed by atoms with Crippen LogP contribution in [0.25, 0.3) is 0 Å². The molecule has 0 saturated heterocycles. The minimum atomic E-state index is -0.210. The lowest BCUT2D eigenvalue weighted by atomic mass is 10.2. The Labute approximate surface area is 130 Å². The number of nitrogens with one attached hydrogen (secondary N) is 1. The zero-order valence-electron chi connectivity index (χ0n) is 11.1. The highest BCUT2D eigenvalue weighted by molar-refractivity contribution is 8.01. The van der Waals surface area contributed by atoms with Crippen LogP contribution in [0.4, 0.5) is 5.13 Å². The molecular formula is C13H14ClN3OS2. The number of carbonyl (C=O) groups excluding carboxylic acids is 1. The van der Waals surface area contributed by atoms with E-state index in [1.165, 1.54) is 11.3 Å². The molecule has 2 aromatic rings. The SMILES string of the molecule is CCC(C)Sc1nnc(NC(=O)c2ccc(Cl)cc2)s1. The average Bonchev–Trinajstić information content (AvgIpc) is 2.86. The number of carbonyl (C=O) groups is 1. The van der Waals surface area contributed by atoms with Crippen molar-refractivity contribution in [2.24, 2.45) is 0 Å². The van der Waals surface area contributed by atoms with E-state index in [-0.39, 0.29) is 5.91 Å². The number of hydrogen-bond acceptors (Lipinski definition) is 5. The molecule has 0 bridgehead atoms. The van der Waals surface area contributed by atoms with Crippen molar-refractivity contribution in [3.8, 4) is 0 Å². The number of hydrogen-bond donors (Lipinski definition) is 1. The Morgan fingerprint density at radius 3 is 2.75 bits per heavy atom. The Hall–Kier alpha value is -1.11. The van der Waals surface area contributed by atoms with Crippen LogP contribution < -0.4 is 5.32 Å². The molecule has 20 heavy (non-hydrogen) atoms. The second kappa shape index (κ2) is 7.06. The van der Waals surface area contributed by atoms with Crippen LogP contribution in [-0.4, -0.2) is 21.4 Å². The number of aromatic nitrogens is 2. The summed E-state index contributed by atoms with van der Waals surface area (Å²) in [7, 11) is 0. The normalized spacial score (nSPS) is 12.2. The molecule has 0 aliphatic heterocycles. The van der Waals surface area contributed by atoms with Gasteiger partial charge in [0, 0.05) is 15.8 Å². The Kier molecular flexibility index (Phi) is 5.39. The van der Waals surface area contributed by atoms with Gasteiger partial charge < -0.3 is 0 Å². The van der Waals surface area contributed by atoms with Gasteiger partial charge in [-0.15, -0.1) is 10.2 Å². The summed E-state index contributed by atoms with van der Waals surface area (Å²) in [5, 5.41) is 12.4. The summed E-state index contributed by atoms with van der Waals surface area (Å²) in [6.45, 7) is 4.26. The monoisotopic (exact) mass is 327 g/mol. The molecule has 7 heteroatoms. The maximum atomic E-state index is 12.0. The molecule has 0 saturated carbocycles. The van der Waals surface area contributed by atoms with Crippen LogP contribution in [0.15, 0.2) is 28.6 Å². The molecule has 1 atom stereocenters. The predicted molar refractivity (Wildman–Crippen MR) is 84.9 cm³/mol. The zero-order valence-corrected chi connectivity index (χ0v) is 13.5. The number of amides is 1. The lowest BCUT2D eigenvalue weighted by molar-refractivity contribution is 0.102. The van der Waals surface area contributed by atoms with Crippen LogP contribution in [0.2, 0.25) is 5.02 Å². The van der Waals surface area contributed by atoms with Crippen molar-refractivity contribution in [1.82, 2.24) is 10.2 Å². The van der Waals surface area contributed by atoms with Gasteiger partial charge in [0.15, 0.2) is 4.34 Å². The van der Waals surface area contributed by atoms with E-state index in [9.17, 15) is 4.79 Å². The lowest BCUT2D eigenvalue weighted by Gasteiger charge is -2.02. The number of anilines is 1. The fourth-order valence-corrected chi connectivity index (χ4v) is 3.45. The summed E-state index contributed by atoms with van der Waals surface area (Å²) in [6, 6.07) is 6.71. The standard InChI is InChI=1S/C13H14ClN3OS2/c1-3-8(2)19-13-17-16-12(20-13)15-11(18)9-4-6-10(14)7-5-9/h4-8H,3H2,1-2H3,(H,15,16,18). The van der Waals surface area contributed by atoms with Crippen LogP contribution in [-0.2, 0) is 0 Å². The van der Waals surface area contributed by atoms with E-state index in [1.807, 2.05) is 0 Å². The fourth-order valence-electron chi connectivity index (χ4n) is 1.33. The van der Waals surface area contributed by atoms with Crippen LogP contribution in [0, 0.1) is 0 Å². The number of thioether (sulfide) groups is 1. The van der Waals surface area contributed by atoms with Crippen LogP contribution in [0.3, 0.4) is 0 Å². The highest BCUT2D eigenvalue weighted by Crippen LogP contribution is 2.30. The van der Waals surface area contributed by atoms with E-state index in [0.717, 1.165) is 10.8 Å². The summed E-state index contributed by atoms with van der Waals surface area (Å²) < 4.78 is 0.866. The summed E-state index contributed by atoms with van der Waals surface area (Å²) in [5.74, 6) is -0.210. The number of rotatable bonds is 5. The highest BCUT2D eigenvalue weighted by atomic mass is 35.5. The molecule has 0 aliphatic rings. The molecule has 0 fully saturated rings. The largest absolute Gasteiger partial charge is 0.296 e. The molecule has 0 radical (unpaired) electrons. The second-order valence-corrected chi connectivity index (χ2v) is 7.27. The van der Waals surface area contributed by atoms with Crippen LogP contribution in [0.1, 0.15) is 30.6 Å². The summed E-state index contributed by atoms with van der Waals surface area (Å²) in [4.78, 5) is 12.0. The van der Waals surface area contributed by atoms with E-state index in [1.54, 1.807) is 36.0 Å². The van der Waals surface area contributed by atoms with Gasteiger partial charge in [0.05, 0.1) is 0 Å². The molecule has 1 aromatic carbocycles. The van der Waals surface area contributed by atoms with Gasteiger partial charge in [-0.3, -0.25) is 10.1 Å². The first kappa shape index (κ1) is 15.3. The van der Waals surface area contributed by atoms with Gasteiger partial charge in [0.25, 0.3) is 5.91 Å². The molecule has 1 N–H and O–H groups in total. The Bertz CT molecular complexity index is 586. The van der Waals surface area contributed by atoms with E-state index in [0.29, 0.717) is 21.0 Å². The molecule has 1 heterocycles. The summed E-state index contributed by atoms with van der Waals surface area (Å²) in [5.41, 5.74) is 0.542. The summed E-state index contributed by atoms with van der Waals surface area (Å²) >= 11 is 8.84. The molecule has 2 rings (SSSR count).